The number of rotatable bonds is 4. The summed E-state index contributed by atoms with van der Waals surface area (Å²) in [7, 11) is 3.64. The van der Waals surface area contributed by atoms with Gasteiger partial charge in [-0.15, -0.1) is 0 Å². The lowest BCUT2D eigenvalue weighted by Crippen LogP contribution is -2.20. The van der Waals surface area contributed by atoms with E-state index < -0.39 is 23.7 Å². The highest BCUT2D eigenvalue weighted by molar-refractivity contribution is 6.30. The molecule has 0 unspecified atom stereocenters. The number of nitrogens with zero attached hydrogens (tertiary/aromatic N) is 3. The zero-order valence-corrected chi connectivity index (χ0v) is 16.1. The summed E-state index contributed by atoms with van der Waals surface area (Å²) >= 11 is 5.78. The van der Waals surface area contributed by atoms with Crippen molar-refractivity contribution in [3.8, 4) is 11.4 Å². The lowest BCUT2D eigenvalue weighted by Gasteiger charge is -2.14. The van der Waals surface area contributed by atoms with Crippen LogP contribution >= 0.6 is 11.6 Å². The number of nitrogens with one attached hydrogen (secondary N) is 1. The molecule has 0 radical (unpaired) electrons. The van der Waals surface area contributed by atoms with Gasteiger partial charge in [-0.25, -0.2) is 9.48 Å². The van der Waals surface area contributed by atoms with E-state index in [1.807, 2.05) is 25.1 Å². The molecule has 6 nitrogen and oxygen atoms in total. The second-order valence-corrected chi connectivity index (χ2v) is 6.64. The van der Waals surface area contributed by atoms with Crippen LogP contribution in [0.5, 0.6) is 5.75 Å². The minimum Gasteiger partial charge on any atom is -0.406 e. The maximum atomic E-state index is 13.6. The third-order valence-corrected chi connectivity index (χ3v) is 4.14. The molecule has 0 atom stereocenters. The van der Waals surface area contributed by atoms with E-state index in [0.717, 1.165) is 11.9 Å². The number of hydrogen-bond acceptors (Lipinski definition) is 4. The maximum Gasteiger partial charge on any atom is 0.437 e. The average Bonchev–Trinajstić information content (AvgIpc) is 3.06. The molecule has 3 rings (SSSR count). The van der Waals surface area contributed by atoms with E-state index in [1.54, 1.807) is 18.2 Å². The molecule has 0 bridgehead atoms. The Hall–Kier alpha value is -3.20. The molecule has 1 aromatic heterocycles. The molecule has 1 heterocycles. The van der Waals surface area contributed by atoms with E-state index in [1.165, 1.54) is 24.3 Å². The van der Waals surface area contributed by atoms with Crippen LogP contribution in [0.3, 0.4) is 0 Å². The molecule has 0 aliphatic carbocycles. The normalized spacial score (nSPS) is 11.2. The van der Waals surface area contributed by atoms with Crippen LogP contribution in [0.15, 0.2) is 54.7 Å². The second-order valence-electron chi connectivity index (χ2n) is 6.20. The molecule has 0 saturated carbocycles. The Morgan fingerprint density at radius 2 is 1.86 bits per heavy atom. The van der Waals surface area contributed by atoms with Gasteiger partial charge in [0.25, 0.3) is 0 Å². The Morgan fingerprint density at radius 1 is 1.17 bits per heavy atom. The summed E-state index contributed by atoms with van der Waals surface area (Å²) in [6.45, 7) is 0. The Bertz CT molecular complexity index is 1020. The van der Waals surface area contributed by atoms with Crippen molar-refractivity contribution in [1.82, 2.24) is 9.78 Å². The summed E-state index contributed by atoms with van der Waals surface area (Å²) in [5.41, 5.74) is 0.0851. The van der Waals surface area contributed by atoms with Crippen LogP contribution < -0.4 is 15.0 Å². The molecule has 152 valence electrons. The summed E-state index contributed by atoms with van der Waals surface area (Å²) < 4.78 is 46.4. The van der Waals surface area contributed by atoms with E-state index in [0.29, 0.717) is 15.4 Å². The van der Waals surface area contributed by atoms with Crippen LogP contribution in [0.1, 0.15) is 5.69 Å². The third kappa shape index (κ3) is 4.80. The standard InChI is InChI=1S/C19H16ClF3N4O2/c1-26(2)15-5-3-4-13(10-15)25-18(28)29-16-11-24-27(17(16)19(21,22)23)14-8-6-12(20)7-9-14/h3-11H,1-2H3,(H,25,28). The van der Waals surface area contributed by atoms with Crippen molar-refractivity contribution in [2.24, 2.45) is 0 Å². The smallest absolute Gasteiger partial charge is 0.406 e. The second kappa shape index (κ2) is 8.04. The van der Waals surface area contributed by atoms with Crippen LogP contribution in [0.2, 0.25) is 5.02 Å². The number of hydrogen-bond donors (Lipinski definition) is 1. The largest absolute Gasteiger partial charge is 0.437 e. The number of carbonyl (C=O) groups excluding carboxylic acids is 1. The number of amides is 1. The van der Waals surface area contributed by atoms with Gasteiger partial charge in [-0.05, 0) is 42.5 Å². The number of carbonyl (C=O) groups is 1. The van der Waals surface area contributed by atoms with Gasteiger partial charge < -0.3 is 9.64 Å². The van der Waals surface area contributed by atoms with Crippen molar-refractivity contribution >= 4 is 29.1 Å². The number of aromatic nitrogens is 2. The van der Waals surface area contributed by atoms with Gasteiger partial charge in [0.1, 0.15) is 0 Å². The molecular formula is C19H16ClF3N4O2. The highest BCUT2D eigenvalue weighted by Crippen LogP contribution is 2.38. The van der Waals surface area contributed by atoms with Crippen LogP contribution in [0.25, 0.3) is 5.69 Å². The summed E-state index contributed by atoms with van der Waals surface area (Å²) in [5.74, 6) is -0.714. The van der Waals surface area contributed by atoms with Crippen molar-refractivity contribution < 1.29 is 22.7 Å². The fourth-order valence-electron chi connectivity index (χ4n) is 2.55. The molecule has 0 saturated heterocycles. The summed E-state index contributed by atoms with van der Waals surface area (Å²) in [5, 5.41) is 6.50. The molecule has 0 spiro atoms. The number of benzene rings is 2. The summed E-state index contributed by atoms with van der Waals surface area (Å²) in [6.07, 6.45) is -5.04. The van der Waals surface area contributed by atoms with Gasteiger partial charge >= 0.3 is 12.3 Å². The number of halogens is 4. The highest BCUT2D eigenvalue weighted by atomic mass is 35.5. The Morgan fingerprint density at radius 3 is 2.48 bits per heavy atom. The number of anilines is 2. The molecular weight excluding hydrogens is 409 g/mol. The lowest BCUT2D eigenvalue weighted by atomic mass is 10.2. The highest BCUT2D eigenvalue weighted by Gasteiger charge is 2.40. The van der Waals surface area contributed by atoms with Gasteiger partial charge in [-0.2, -0.15) is 18.3 Å². The minimum absolute atomic E-state index is 0.121. The molecule has 0 aliphatic rings. The molecule has 1 amide bonds. The molecule has 2 aromatic carbocycles. The monoisotopic (exact) mass is 424 g/mol. The SMILES string of the molecule is CN(C)c1cccc(NC(=O)Oc2cnn(-c3ccc(Cl)cc3)c2C(F)(F)F)c1. The lowest BCUT2D eigenvalue weighted by molar-refractivity contribution is -0.143. The van der Waals surface area contributed by atoms with Crippen molar-refractivity contribution in [2.45, 2.75) is 6.18 Å². The Kier molecular flexibility index (Phi) is 5.69. The topological polar surface area (TPSA) is 59.4 Å². The zero-order valence-electron chi connectivity index (χ0n) is 15.4. The molecule has 3 aromatic rings. The number of alkyl halides is 3. The van der Waals surface area contributed by atoms with Crippen LogP contribution in [-0.2, 0) is 6.18 Å². The van der Waals surface area contributed by atoms with Gasteiger partial charge in [0.15, 0.2) is 11.4 Å². The molecule has 10 heteroatoms. The predicted molar refractivity (Wildman–Crippen MR) is 104 cm³/mol. The van der Waals surface area contributed by atoms with Crippen molar-refractivity contribution in [3.05, 3.63) is 65.4 Å². The average molecular weight is 425 g/mol. The van der Waals surface area contributed by atoms with Crippen LogP contribution in [0.4, 0.5) is 29.3 Å². The minimum atomic E-state index is -4.81. The van der Waals surface area contributed by atoms with E-state index in [9.17, 15) is 18.0 Å². The fourth-order valence-corrected chi connectivity index (χ4v) is 2.68. The first kappa shape index (κ1) is 20.5. The summed E-state index contributed by atoms with van der Waals surface area (Å²) in [4.78, 5) is 14.0. The van der Waals surface area contributed by atoms with Gasteiger partial charge in [0.2, 0.25) is 0 Å². The summed E-state index contributed by atoms with van der Waals surface area (Å²) in [6, 6.07) is 12.4. The number of ether oxygens (including phenoxy) is 1. The van der Waals surface area contributed by atoms with E-state index >= 15 is 0 Å². The first-order valence-electron chi connectivity index (χ1n) is 8.32. The fraction of sp³-hybridized carbons (Fsp3) is 0.158. The van der Waals surface area contributed by atoms with E-state index in [2.05, 4.69) is 10.4 Å². The molecule has 1 N–H and O–H groups in total. The third-order valence-electron chi connectivity index (χ3n) is 3.89. The Balaban J connectivity index is 1.86. The van der Waals surface area contributed by atoms with Gasteiger partial charge in [0.05, 0.1) is 11.9 Å². The van der Waals surface area contributed by atoms with Crippen molar-refractivity contribution in [3.63, 3.8) is 0 Å². The van der Waals surface area contributed by atoms with E-state index in [4.69, 9.17) is 16.3 Å². The van der Waals surface area contributed by atoms with Gasteiger partial charge in [-0.1, -0.05) is 17.7 Å². The first-order valence-corrected chi connectivity index (χ1v) is 8.70. The molecule has 0 fully saturated rings. The van der Waals surface area contributed by atoms with Gasteiger partial charge in [-0.3, -0.25) is 5.32 Å². The molecule has 29 heavy (non-hydrogen) atoms. The van der Waals surface area contributed by atoms with Crippen molar-refractivity contribution in [1.29, 1.82) is 0 Å². The first-order chi connectivity index (χ1) is 13.6. The maximum absolute atomic E-state index is 13.6. The molecule has 0 aliphatic heterocycles. The predicted octanol–water partition coefficient (Wildman–Crippen LogP) is 5.22. The van der Waals surface area contributed by atoms with Crippen LogP contribution in [0, 0.1) is 0 Å². The Labute approximate surface area is 169 Å². The van der Waals surface area contributed by atoms with Gasteiger partial charge in [0, 0.05) is 30.5 Å². The van der Waals surface area contributed by atoms with Crippen LogP contribution in [-0.4, -0.2) is 30.0 Å². The zero-order chi connectivity index (χ0) is 21.2. The van der Waals surface area contributed by atoms with E-state index in [-0.39, 0.29) is 5.69 Å². The quantitative estimate of drug-likeness (QED) is 0.623. The van der Waals surface area contributed by atoms with Crippen molar-refractivity contribution in [2.75, 3.05) is 24.3 Å².